The third-order valence-corrected chi connectivity index (χ3v) is 8.08. The molecule has 234 valence electrons. The fourth-order valence-corrected chi connectivity index (χ4v) is 5.50. The fourth-order valence-electron chi connectivity index (χ4n) is 4.17. The number of hydrogen-bond acceptors (Lipinski definition) is 10. The zero-order chi connectivity index (χ0) is 32.0. The summed E-state index contributed by atoms with van der Waals surface area (Å²) in [4.78, 5) is 27.0. The minimum atomic E-state index is -4.41. The molecule has 0 atom stereocenters. The molecule has 0 radical (unpaired) electrons. The van der Waals surface area contributed by atoms with E-state index < -0.39 is 38.4 Å². The molecule has 1 amide bonds. The van der Waals surface area contributed by atoms with Crippen molar-refractivity contribution in [2.75, 3.05) is 65.3 Å². The molecule has 0 aliphatic heterocycles. The van der Waals surface area contributed by atoms with Crippen LogP contribution in [0.4, 0.5) is 25.1 Å². The molecule has 4 rings (SSSR count). The molecule has 0 saturated heterocycles. The Morgan fingerprint density at radius 3 is 2.34 bits per heavy atom. The van der Waals surface area contributed by atoms with Crippen LogP contribution in [0.2, 0.25) is 0 Å². The molecule has 12 nitrogen and oxygen atoms in total. The van der Waals surface area contributed by atoms with Crippen molar-refractivity contribution >= 4 is 44.2 Å². The first-order chi connectivity index (χ1) is 20.9. The van der Waals surface area contributed by atoms with Crippen molar-refractivity contribution < 1.29 is 41.0 Å². The van der Waals surface area contributed by atoms with E-state index >= 15 is 0 Å². The van der Waals surface area contributed by atoms with Gasteiger partial charge in [0, 0.05) is 37.7 Å². The first kappa shape index (κ1) is 32.3. The number of methoxy groups -OCH3 is 2. The zero-order valence-electron chi connectivity index (χ0n) is 24.4. The van der Waals surface area contributed by atoms with Gasteiger partial charge >= 0.3 is 6.09 Å². The van der Waals surface area contributed by atoms with Gasteiger partial charge in [0.1, 0.15) is 24.0 Å². The number of nitrogens with zero attached hydrogens (tertiary/aromatic N) is 3. The molecule has 3 aromatic carbocycles. The number of fused-ring (bicyclic) bond motifs is 1. The predicted molar refractivity (Wildman–Crippen MR) is 158 cm³/mol. The Morgan fingerprint density at radius 1 is 0.955 bits per heavy atom. The lowest BCUT2D eigenvalue weighted by Gasteiger charge is -2.15. The van der Waals surface area contributed by atoms with Gasteiger partial charge in [-0.2, -0.15) is 4.68 Å². The van der Waals surface area contributed by atoms with E-state index in [0.29, 0.717) is 55.9 Å². The number of amides is 1. The lowest BCUT2D eigenvalue weighted by molar-refractivity contribution is 0.102. The van der Waals surface area contributed by atoms with Crippen LogP contribution in [-0.2, 0) is 19.3 Å². The zero-order valence-corrected chi connectivity index (χ0v) is 25.2. The smallest absolute Gasteiger partial charge is 0.435 e. The topological polar surface area (TPSA) is 141 Å². The lowest BCUT2D eigenvalue weighted by Crippen LogP contribution is -2.20. The van der Waals surface area contributed by atoms with Gasteiger partial charge in [0.25, 0.3) is 5.91 Å². The molecule has 0 aliphatic carbocycles. The van der Waals surface area contributed by atoms with E-state index in [1.807, 2.05) is 19.0 Å². The minimum absolute atomic E-state index is 0.0548. The first-order valence-corrected chi connectivity index (χ1v) is 14.7. The monoisotopic (exact) mass is 631 g/mol. The number of rotatable bonds is 12. The van der Waals surface area contributed by atoms with Gasteiger partial charge in [0.15, 0.2) is 5.82 Å². The molecule has 0 bridgehead atoms. The van der Waals surface area contributed by atoms with Gasteiger partial charge in [-0.05, 0) is 56.6 Å². The average Bonchev–Trinajstić information content (AvgIpc) is 3.33. The summed E-state index contributed by atoms with van der Waals surface area (Å²) < 4.78 is 70.8. The molecule has 15 heteroatoms. The Bertz CT molecular complexity index is 1770. The summed E-state index contributed by atoms with van der Waals surface area (Å²) in [6.45, 7) is 1.82. The number of ether oxygens (including phenoxy) is 3. The van der Waals surface area contributed by atoms with Crippen LogP contribution >= 0.6 is 0 Å². The normalized spacial score (nSPS) is 11.5. The fraction of sp³-hybridized carbons (Fsp3) is 0.276. The van der Waals surface area contributed by atoms with Gasteiger partial charge in [-0.25, -0.2) is 22.0 Å². The quantitative estimate of drug-likeness (QED) is 0.220. The van der Waals surface area contributed by atoms with Gasteiger partial charge in [0.05, 0.1) is 40.3 Å². The number of nitrogens with one attached hydrogen (secondary N) is 2. The lowest BCUT2D eigenvalue weighted by atomic mass is 10.1. The van der Waals surface area contributed by atoms with E-state index in [4.69, 9.17) is 14.2 Å². The van der Waals surface area contributed by atoms with Crippen LogP contribution in [0.5, 0.6) is 5.75 Å². The molecule has 1 aromatic heterocycles. The molecule has 44 heavy (non-hydrogen) atoms. The summed E-state index contributed by atoms with van der Waals surface area (Å²) in [5, 5.41) is 9.97. The van der Waals surface area contributed by atoms with Crippen LogP contribution in [0.15, 0.2) is 64.4 Å². The largest absolute Gasteiger partial charge is 0.492 e. The maximum Gasteiger partial charge on any atom is 0.435 e. The molecule has 0 aliphatic rings. The average molecular weight is 632 g/mol. The summed E-state index contributed by atoms with van der Waals surface area (Å²) in [5.41, 5.74) is 0.732. The van der Waals surface area contributed by atoms with E-state index in [2.05, 4.69) is 15.7 Å². The Labute approximate surface area is 252 Å². The summed E-state index contributed by atoms with van der Waals surface area (Å²) in [7, 11) is 2.09. The summed E-state index contributed by atoms with van der Waals surface area (Å²) >= 11 is 0. The number of benzene rings is 3. The van der Waals surface area contributed by atoms with Crippen molar-refractivity contribution in [3.05, 3.63) is 71.8 Å². The number of likely N-dealkylation sites (N-methyl/N-ethyl adjacent to an activating group) is 1. The van der Waals surface area contributed by atoms with Crippen molar-refractivity contribution in [2.24, 2.45) is 0 Å². The van der Waals surface area contributed by atoms with Crippen molar-refractivity contribution in [3.63, 3.8) is 0 Å². The maximum absolute atomic E-state index is 13.8. The number of aromatic nitrogens is 2. The molecule has 0 fully saturated rings. The highest BCUT2D eigenvalue weighted by Crippen LogP contribution is 2.31. The molecular formula is C29H31F2N5O7S. The minimum Gasteiger partial charge on any atom is -0.492 e. The van der Waals surface area contributed by atoms with Gasteiger partial charge in [-0.15, -0.1) is 5.10 Å². The van der Waals surface area contributed by atoms with Crippen molar-refractivity contribution in [1.29, 1.82) is 0 Å². The molecular weight excluding hydrogens is 600 g/mol. The Hall–Kier alpha value is -4.60. The van der Waals surface area contributed by atoms with Crippen molar-refractivity contribution in [1.82, 2.24) is 14.7 Å². The van der Waals surface area contributed by atoms with Crippen LogP contribution in [0.3, 0.4) is 0 Å². The molecule has 1 heterocycles. The molecule has 0 spiro atoms. The Morgan fingerprint density at radius 2 is 1.68 bits per heavy atom. The summed E-state index contributed by atoms with van der Waals surface area (Å²) in [6, 6.07) is 10.3. The number of anilines is 2. The van der Waals surface area contributed by atoms with Gasteiger partial charge < -0.3 is 29.7 Å². The van der Waals surface area contributed by atoms with Gasteiger partial charge in [-0.1, -0.05) is 0 Å². The Kier molecular flexibility index (Phi) is 10.1. The SMILES string of the molecule is COCCNc1cc(OCCN(C)C)ccc1C(=O)Nc1nn(C(=O)OC)c2ccc(S(=O)(=O)c3cc(F)cc(F)c3)cc12. The standard InChI is InChI=1S/C29H31F2N5O7S/c1-35(2)10-12-43-20-5-7-23(25(16-20)32-9-11-41-3)28(37)33-27-24-17-21(6-8-26(24)36(34-27)29(38)42-4)44(39,40)22-14-18(30)13-19(31)15-22/h5-8,13-17,32H,9-12H2,1-4H3,(H,33,34,37). The number of halogens is 2. The molecule has 0 saturated carbocycles. The predicted octanol–water partition coefficient (Wildman–Crippen LogP) is 4.01. The van der Waals surface area contributed by atoms with Crippen LogP contribution in [0, 0.1) is 11.6 Å². The van der Waals surface area contributed by atoms with Crippen LogP contribution < -0.4 is 15.4 Å². The second kappa shape index (κ2) is 13.8. The van der Waals surface area contributed by atoms with E-state index in [-0.39, 0.29) is 27.2 Å². The van der Waals surface area contributed by atoms with Crippen molar-refractivity contribution in [3.8, 4) is 5.75 Å². The van der Waals surface area contributed by atoms with Gasteiger partial charge in [0.2, 0.25) is 9.84 Å². The van der Waals surface area contributed by atoms with E-state index in [9.17, 15) is 26.8 Å². The highest BCUT2D eigenvalue weighted by Gasteiger charge is 2.25. The van der Waals surface area contributed by atoms with Crippen LogP contribution in [-0.4, -0.2) is 89.7 Å². The number of carbonyl (C=O) groups excluding carboxylic acids is 2. The van der Waals surface area contributed by atoms with Crippen LogP contribution in [0.25, 0.3) is 10.9 Å². The Balaban J connectivity index is 1.74. The second-order valence-electron chi connectivity index (χ2n) is 9.75. The molecule has 2 N–H and O–H groups in total. The second-order valence-corrected chi connectivity index (χ2v) is 11.7. The summed E-state index contributed by atoms with van der Waals surface area (Å²) in [6.07, 6.45) is -0.903. The molecule has 0 unspecified atom stereocenters. The van der Waals surface area contributed by atoms with Crippen molar-refractivity contribution in [2.45, 2.75) is 9.79 Å². The highest BCUT2D eigenvalue weighted by atomic mass is 32.2. The third-order valence-electron chi connectivity index (χ3n) is 6.35. The van der Waals surface area contributed by atoms with E-state index in [0.717, 1.165) is 23.9 Å². The maximum atomic E-state index is 13.8. The number of hydrogen-bond donors (Lipinski definition) is 2. The number of carbonyl (C=O) groups is 2. The van der Waals surface area contributed by atoms with E-state index in [1.54, 1.807) is 18.2 Å². The highest BCUT2D eigenvalue weighted by molar-refractivity contribution is 7.91. The van der Waals surface area contributed by atoms with Gasteiger partial charge in [-0.3, -0.25) is 4.79 Å². The summed E-state index contributed by atoms with van der Waals surface area (Å²) in [5.74, 6) is -2.42. The first-order valence-electron chi connectivity index (χ1n) is 13.2. The van der Waals surface area contributed by atoms with Crippen LogP contribution in [0.1, 0.15) is 10.4 Å². The van der Waals surface area contributed by atoms with E-state index in [1.165, 1.54) is 13.2 Å². The number of sulfone groups is 1. The molecule has 4 aromatic rings. The third kappa shape index (κ3) is 7.30.